The maximum atomic E-state index is 14.4. The Kier molecular flexibility index (Phi) is 4.67. The highest BCUT2D eigenvalue weighted by atomic mass is 19.1. The Bertz CT molecular complexity index is 1060. The summed E-state index contributed by atoms with van der Waals surface area (Å²) in [5.74, 6) is 5.24. The minimum atomic E-state index is -0.636. The van der Waals surface area contributed by atoms with Crippen molar-refractivity contribution in [3.05, 3.63) is 95.1 Å². The van der Waals surface area contributed by atoms with Gasteiger partial charge < -0.3 is 4.74 Å². The van der Waals surface area contributed by atoms with E-state index in [1.54, 1.807) is 18.2 Å². The molecule has 0 spiro atoms. The molecule has 0 aliphatic carbocycles. The van der Waals surface area contributed by atoms with Gasteiger partial charge in [0.25, 0.3) is 0 Å². The van der Waals surface area contributed by atoms with Crippen LogP contribution in [0.4, 0.5) is 8.78 Å². The second kappa shape index (κ2) is 7.43. The van der Waals surface area contributed by atoms with Gasteiger partial charge in [-0.2, -0.15) is 0 Å². The molecule has 3 aromatic rings. The Hall–Kier alpha value is -3.45. The Morgan fingerprint density at radius 3 is 2.22 bits per heavy atom. The molecule has 4 heteroatoms. The fourth-order valence-electron chi connectivity index (χ4n) is 2.93. The molecule has 27 heavy (non-hydrogen) atoms. The predicted molar refractivity (Wildman–Crippen MR) is 102 cm³/mol. The van der Waals surface area contributed by atoms with Crippen molar-refractivity contribution in [3.63, 3.8) is 0 Å². The molecular formula is C23H15F2NO. The van der Waals surface area contributed by atoms with Crippen LogP contribution in [-0.2, 0) is 4.74 Å². The molecule has 0 saturated carbocycles. The second-order valence-electron chi connectivity index (χ2n) is 6.01. The molecular weight excluding hydrogens is 344 g/mol. The third-order valence-electron chi connectivity index (χ3n) is 4.19. The van der Waals surface area contributed by atoms with Crippen molar-refractivity contribution in [2.75, 3.05) is 13.2 Å². The maximum Gasteiger partial charge on any atom is 0.216 e. The zero-order valence-corrected chi connectivity index (χ0v) is 14.4. The summed E-state index contributed by atoms with van der Waals surface area (Å²) in [7, 11) is 0. The Balaban J connectivity index is 1.85. The van der Waals surface area contributed by atoms with Crippen LogP contribution in [0.25, 0.3) is 11.1 Å². The van der Waals surface area contributed by atoms with Crippen LogP contribution in [0.3, 0.4) is 0 Å². The fraction of sp³-hybridized carbons (Fsp3) is 0.0870. The second-order valence-corrected chi connectivity index (χ2v) is 6.01. The summed E-state index contributed by atoms with van der Waals surface area (Å²) in [4.78, 5) is 4.29. The Morgan fingerprint density at radius 2 is 1.52 bits per heavy atom. The number of aliphatic imine (C=N–C) groups is 1. The van der Waals surface area contributed by atoms with Crippen LogP contribution < -0.4 is 0 Å². The molecule has 0 bridgehead atoms. The largest absolute Gasteiger partial charge is 0.475 e. The molecule has 132 valence electrons. The number of nitrogens with zero attached hydrogens (tertiary/aromatic N) is 1. The molecule has 0 aromatic heterocycles. The minimum absolute atomic E-state index is 0.103. The lowest BCUT2D eigenvalue weighted by atomic mass is 9.96. The van der Waals surface area contributed by atoms with Gasteiger partial charge in [0.05, 0.1) is 12.1 Å². The standard InChI is InChI=1S/C23H15F2NO/c24-20-7-4-8-21(25)22(20)19-15-17(10-9-16-5-2-1-3-6-16)11-12-18(19)23-26-13-14-27-23/h1-8,11-12,15H,13-14H2. The average molecular weight is 359 g/mol. The first-order valence-electron chi connectivity index (χ1n) is 8.55. The smallest absolute Gasteiger partial charge is 0.216 e. The lowest BCUT2D eigenvalue weighted by molar-refractivity contribution is 0.348. The molecule has 0 N–H and O–H groups in total. The summed E-state index contributed by atoms with van der Waals surface area (Å²) in [5, 5.41) is 0. The van der Waals surface area contributed by atoms with Crippen molar-refractivity contribution in [1.29, 1.82) is 0 Å². The summed E-state index contributed by atoms with van der Waals surface area (Å²) >= 11 is 0. The van der Waals surface area contributed by atoms with Crippen molar-refractivity contribution in [1.82, 2.24) is 0 Å². The van der Waals surface area contributed by atoms with Gasteiger partial charge in [0.15, 0.2) is 0 Å². The van der Waals surface area contributed by atoms with Crippen molar-refractivity contribution >= 4 is 5.90 Å². The molecule has 1 aliphatic rings. The molecule has 1 aliphatic heterocycles. The van der Waals surface area contributed by atoms with Gasteiger partial charge in [-0.15, -0.1) is 0 Å². The number of ether oxygens (including phenoxy) is 1. The molecule has 1 heterocycles. The van der Waals surface area contributed by atoms with Crippen molar-refractivity contribution < 1.29 is 13.5 Å². The highest BCUT2D eigenvalue weighted by Gasteiger charge is 2.20. The monoisotopic (exact) mass is 359 g/mol. The predicted octanol–water partition coefficient (Wildman–Crippen LogP) is 4.81. The number of halogens is 2. The normalized spacial score (nSPS) is 12.7. The van der Waals surface area contributed by atoms with Crippen molar-refractivity contribution in [2.45, 2.75) is 0 Å². The van der Waals surface area contributed by atoms with E-state index in [4.69, 9.17) is 4.74 Å². The molecule has 0 saturated heterocycles. The van der Waals surface area contributed by atoms with Gasteiger partial charge >= 0.3 is 0 Å². The third-order valence-corrected chi connectivity index (χ3v) is 4.19. The van der Waals surface area contributed by atoms with Crippen LogP contribution in [0.1, 0.15) is 16.7 Å². The summed E-state index contributed by atoms with van der Waals surface area (Å²) in [6.45, 7) is 0.994. The highest BCUT2D eigenvalue weighted by molar-refractivity contribution is 6.01. The van der Waals surface area contributed by atoms with Crippen LogP contribution >= 0.6 is 0 Å². The zero-order chi connectivity index (χ0) is 18.6. The topological polar surface area (TPSA) is 21.6 Å². The lowest BCUT2D eigenvalue weighted by Gasteiger charge is -2.12. The Morgan fingerprint density at radius 1 is 0.778 bits per heavy atom. The minimum Gasteiger partial charge on any atom is -0.475 e. The van der Waals surface area contributed by atoms with Gasteiger partial charge in [-0.1, -0.05) is 36.1 Å². The summed E-state index contributed by atoms with van der Waals surface area (Å²) in [6, 6.07) is 18.6. The van der Waals surface area contributed by atoms with Gasteiger partial charge in [0.1, 0.15) is 18.2 Å². The number of benzene rings is 3. The first kappa shape index (κ1) is 17.0. The number of rotatable bonds is 2. The summed E-state index contributed by atoms with van der Waals surface area (Å²) in [6.07, 6.45) is 0. The van der Waals surface area contributed by atoms with E-state index in [1.165, 1.54) is 18.2 Å². The highest BCUT2D eigenvalue weighted by Crippen LogP contribution is 2.31. The molecule has 0 unspecified atom stereocenters. The van der Waals surface area contributed by atoms with Crippen LogP contribution in [0.15, 0.2) is 71.7 Å². The van der Waals surface area contributed by atoms with E-state index in [9.17, 15) is 8.78 Å². The van der Waals surface area contributed by atoms with E-state index < -0.39 is 11.6 Å². The van der Waals surface area contributed by atoms with E-state index in [1.807, 2.05) is 30.3 Å². The van der Waals surface area contributed by atoms with Crippen LogP contribution in [0.5, 0.6) is 0 Å². The quantitative estimate of drug-likeness (QED) is 0.602. The van der Waals surface area contributed by atoms with Crippen LogP contribution in [-0.4, -0.2) is 19.0 Å². The van der Waals surface area contributed by atoms with E-state index in [0.717, 1.165) is 5.56 Å². The summed E-state index contributed by atoms with van der Waals surface area (Å²) < 4.78 is 34.4. The maximum absolute atomic E-state index is 14.4. The zero-order valence-electron chi connectivity index (χ0n) is 14.4. The molecule has 0 fully saturated rings. The van der Waals surface area contributed by atoms with E-state index in [0.29, 0.717) is 35.7 Å². The lowest BCUT2D eigenvalue weighted by Crippen LogP contribution is -2.05. The Labute approximate surface area is 156 Å². The fourth-order valence-corrected chi connectivity index (χ4v) is 2.93. The summed E-state index contributed by atoms with van der Waals surface area (Å²) in [5.41, 5.74) is 2.35. The molecule has 4 rings (SSSR count). The first-order chi connectivity index (χ1) is 13.2. The first-order valence-corrected chi connectivity index (χ1v) is 8.55. The van der Waals surface area contributed by atoms with Gasteiger partial charge in [-0.05, 0) is 42.5 Å². The average Bonchev–Trinajstić information content (AvgIpc) is 3.22. The van der Waals surface area contributed by atoms with Gasteiger partial charge in [0.2, 0.25) is 5.90 Å². The van der Waals surface area contributed by atoms with Crippen LogP contribution in [0.2, 0.25) is 0 Å². The molecule has 0 atom stereocenters. The van der Waals surface area contributed by atoms with E-state index >= 15 is 0 Å². The third kappa shape index (κ3) is 3.58. The number of hydrogen-bond donors (Lipinski definition) is 0. The molecule has 2 nitrogen and oxygen atoms in total. The van der Waals surface area contributed by atoms with Gasteiger partial charge in [0, 0.05) is 22.3 Å². The van der Waals surface area contributed by atoms with Crippen molar-refractivity contribution in [3.8, 4) is 23.0 Å². The molecule has 3 aromatic carbocycles. The molecule has 0 radical (unpaired) electrons. The van der Waals surface area contributed by atoms with Crippen LogP contribution in [0, 0.1) is 23.5 Å². The van der Waals surface area contributed by atoms with E-state index in [2.05, 4.69) is 16.8 Å². The van der Waals surface area contributed by atoms with Gasteiger partial charge in [-0.25, -0.2) is 13.8 Å². The molecule has 0 amide bonds. The SMILES string of the molecule is Fc1cccc(F)c1-c1cc(C#Cc2ccccc2)ccc1C1=NCCO1. The van der Waals surface area contributed by atoms with E-state index in [-0.39, 0.29) is 5.56 Å². The number of hydrogen-bond acceptors (Lipinski definition) is 2. The van der Waals surface area contributed by atoms with Crippen molar-refractivity contribution in [2.24, 2.45) is 4.99 Å². The van der Waals surface area contributed by atoms with Gasteiger partial charge in [-0.3, -0.25) is 0 Å².